The van der Waals surface area contributed by atoms with Gasteiger partial charge in [0.05, 0.1) is 6.54 Å². The second kappa shape index (κ2) is 9.64. The highest BCUT2D eigenvalue weighted by Gasteiger charge is 2.29. The molecule has 1 unspecified atom stereocenters. The van der Waals surface area contributed by atoms with E-state index in [-0.39, 0.29) is 0 Å². The topological polar surface area (TPSA) is 55.8 Å². The molecule has 0 bridgehead atoms. The van der Waals surface area contributed by atoms with Crippen LogP contribution in [-0.2, 0) is 6.54 Å². The van der Waals surface area contributed by atoms with Crippen LogP contribution in [0.4, 0.5) is 5.82 Å². The molecule has 7 heteroatoms. The predicted molar refractivity (Wildman–Crippen MR) is 117 cm³/mol. The van der Waals surface area contributed by atoms with E-state index in [9.17, 15) is 0 Å². The number of aromatic nitrogens is 1. The first-order valence-corrected chi connectivity index (χ1v) is 11.1. The molecular weight excluding hydrogens is 356 g/mol. The van der Waals surface area contributed by atoms with Crippen LogP contribution in [-0.4, -0.2) is 72.7 Å². The number of pyridine rings is 1. The summed E-state index contributed by atoms with van der Waals surface area (Å²) >= 11 is 2.07. The van der Waals surface area contributed by atoms with E-state index >= 15 is 0 Å². The number of nitrogens with zero attached hydrogens (tertiary/aromatic N) is 4. The highest BCUT2D eigenvalue weighted by atomic mass is 32.2. The number of rotatable bonds is 6. The fourth-order valence-corrected chi connectivity index (χ4v) is 4.74. The van der Waals surface area contributed by atoms with Gasteiger partial charge in [0.15, 0.2) is 5.96 Å². The second-order valence-corrected chi connectivity index (χ2v) is 9.45. The maximum atomic E-state index is 4.75. The normalized spacial score (nSPS) is 24.3. The summed E-state index contributed by atoms with van der Waals surface area (Å²) < 4.78 is 0.335. The molecule has 1 aromatic heterocycles. The Kier molecular flexibility index (Phi) is 7.24. The first-order chi connectivity index (χ1) is 13.1. The van der Waals surface area contributed by atoms with Crippen molar-refractivity contribution in [3.05, 3.63) is 23.9 Å². The Balaban J connectivity index is 1.53. The Hall–Kier alpha value is -1.47. The number of nitrogens with one attached hydrogen (secondary N) is 2. The fourth-order valence-electron chi connectivity index (χ4n) is 3.49. The van der Waals surface area contributed by atoms with Gasteiger partial charge in [-0.15, -0.1) is 0 Å². The van der Waals surface area contributed by atoms with Gasteiger partial charge in [0, 0.05) is 50.2 Å². The van der Waals surface area contributed by atoms with Crippen LogP contribution in [0.2, 0.25) is 0 Å². The molecule has 6 nitrogen and oxygen atoms in total. The van der Waals surface area contributed by atoms with Crippen molar-refractivity contribution in [2.75, 3.05) is 57.0 Å². The first kappa shape index (κ1) is 20.3. The zero-order valence-electron chi connectivity index (χ0n) is 17.0. The Morgan fingerprint density at radius 2 is 2.07 bits per heavy atom. The zero-order chi connectivity index (χ0) is 19.1. The molecule has 0 amide bonds. The number of likely N-dealkylation sites (N-methyl/N-ethyl adjacent to an activating group) is 1. The smallest absolute Gasteiger partial charge is 0.191 e. The average Bonchev–Trinajstić information content (AvgIpc) is 3.12. The molecule has 0 radical (unpaired) electrons. The van der Waals surface area contributed by atoms with E-state index in [0.717, 1.165) is 56.6 Å². The Morgan fingerprint density at radius 1 is 1.26 bits per heavy atom. The second-order valence-electron chi connectivity index (χ2n) is 7.77. The van der Waals surface area contributed by atoms with Crippen molar-refractivity contribution >= 4 is 23.5 Å². The quantitative estimate of drug-likeness (QED) is 0.574. The number of anilines is 1. The number of piperazine rings is 1. The summed E-state index contributed by atoms with van der Waals surface area (Å²) in [6, 6.07) is 4.29. The van der Waals surface area contributed by atoms with Gasteiger partial charge in [0.1, 0.15) is 5.82 Å². The summed E-state index contributed by atoms with van der Waals surface area (Å²) in [6.45, 7) is 11.2. The van der Waals surface area contributed by atoms with Crippen LogP contribution in [0.5, 0.6) is 0 Å². The molecule has 1 aromatic rings. The maximum Gasteiger partial charge on any atom is 0.191 e. The Bertz CT molecular complexity index is 603. The summed E-state index contributed by atoms with van der Waals surface area (Å²) in [6.07, 6.45) is 4.57. The lowest BCUT2D eigenvalue weighted by Gasteiger charge is -2.33. The summed E-state index contributed by atoms with van der Waals surface area (Å²) in [5, 5.41) is 6.88. The summed E-state index contributed by atoms with van der Waals surface area (Å²) in [5.41, 5.74) is 1.14. The molecule has 150 valence electrons. The van der Waals surface area contributed by atoms with Gasteiger partial charge in [-0.3, -0.25) is 0 Å². The lowest BCUT2D eigenvalue weighted by atomic mass is 10.1. The fraction of sp³-hybridized carbons (Fsp3) is 0.700. The maximum absolute atomic E-state index is 4.75. The molecule has 3 rings (SSSR count). The third-order valence-electron chi connectivity index (χ3n) is 5.33. The molecule has 0 aromatic carbocycles. The molecule has 1 atom stereocenters. The minimum atomic E-state index is 0.335. The van der Waals surface area contributed by atoms with Gasteiger partial charge in [0.2, 0.25) is 0 Å². The van der Waals surface area contributed by atoms with E-state index in [2.05, 4.69) is 70.2 Å². The average molecular weight is 391 g/mol. The Morgan fingerprint density at radius 3 is 2.70 bits per heavy atom. The molecule has 0 spiro atoms. The van der Waals surface area contributed by atoms with Crippen molar-refractivity contribution in [1.29, 1.82) is 0 Å². The largest absolute Gasteiger partial charge is 0.357 e. The number of hydrogen-bond acceptors (Lipinski definition) is 5. The van der Waals surface area contributed by atoms with Crippen LogP contribution in [0.25, 0.3) is 0 Å². The minimum Gasteiger partial charge on any atom is -0.357 e. The predicted octanol–water partition coefficient (Wildman–Crippen LogP) is 2.17. The molecule has 0 aliphatic carbocycles. The molecule has 27 heavy (non-hydrogen) atoms. The van der Waals surface area contributed by atoms with Crippen LogP contribution < -0.4 is 15.5 Å². The van der Waals surface area contributed by atoms with Crippen molar-refractivity contribution in [3.8, 4) is 0 Å². The molecule has 2 fully saturated rings. The van der Waals surface area contributed by atoms with Gasteiger partial charge in [-0.05, 0) is 51.1 Å². The molecule has 2 aliphatic rings. The van der Waals surface area contributed by atoms with Crippen LogP contribution in [0.15, 0.2) is 23.3 Å². The first-order valence-electron chi connectivity index (χ1n) is 10.1. The van der Waals surface area contributed by atoms with E-state index in [0.29, 0.717) is 11.3 Å². The van der Waals surface area contributed by atoms with Crippen molar-refractivity contribution in [2.24, 2.45) is 4.99 Å². The summed E-state index contributed by atoms with van der Waals surface area (Å²) in [5.74, 6) is 3.25. The number of thioether (sulfide) groups is 1. The van der Waals surface area contributed by atoms with Crippen molar-refractivity contribution in [2.45, 2.75) is 38.0 Å². The molecule has 0 saturated carbocycles. The number of aliphatic imine (C=N–C) groups is 1. The highest BCUT2D eigenvalue weighted by molar-refractivity contribution is 8.00. The molecule has 2 N–H and O–H groups in total. The Labute approximate surface area is 168 Å². The van der Waals surface area contributed by atoms with E-state index in [1.54, 1.807) is 0 Å². The lowest BCUT2D eigenvalue weighted by molar-refractivity contribution is 0.312. The van der Waals surface area contributed by atoms with Crippen LogP contribution in [0, 0.1) is 0 Å². The van der Waals surface area contributed by atoms with Crippen molar-refractivity contribution < 1.29 is 0 Å². The molecule has 2 saturated heterocycles. The molecule has 3 heterocycles. The van der Waals surface area contributed by atoms with Crippen molar-refractivity contribution in [3.63, 3.8) is 0 Å². The van der Waals surface area contributed by atoms with Gasteiger partial charge in [-0.1, -0.05) is 6.07 Å². The van der Waals surface area contributed by atoms with Crippen molar-refractivity contribution in [1.82, 2.24) is 20.5 Å². The summed E-state index contributed by atoms with van der Waals surface area (Å²) in [4.78, 5) is 14.1. The van der Waals surface area contributed by atoms with E-state index < -0.39 is 0 Å². The van der Waals surface area contributed by atoms with Gasteiger partial charge >= 0.3 is 0 Å². The van der Waals surface area contributed by atoms with Gasteiger partial charge < -0.3 is 20.4 Å². The zero-order valence-corrected chi connectivity index (χ0v) is 17.8. The van der Waals surface area contributed by atoms with Crippen LogP contribution in [0.3, 0.4) is 0 Å². The van der Waals surface area contributed by atoms with Crippen LogP contribution in [0.1, 0.15) is 32.3 Å². The van der Waals surface area contributed by atoms with E-state index in [4.69, 9.17) is 4.99 Å². The lowest BCUT2D eigenvalue weighted by Crippen LogP contribution is -2.44. The summed E-state index contributed by atoms with van der Waals surface area (Å²) in [7, 11) is 2.17. The van der Waals surface area contributed by atoms with Gasteiger partial charge in [-0.2, -0.15) is 11.8 Å². The third-order valence-corrected chi connectivity index (χ3v) is 6.87. The number of guanidine groups is 1. The van der Waals surface area contributed by atoms with Gasteiger partial charge in [0.25, 0.3) is 0 Å². The van der Waals surface area contributed by atoms with Crippen LogP contribution >= 0.6 is 11.8 Å². The SMILES string of the molecule is CCNC(=NCc1ccc(N2CCN(C)CC2)nc1)NCC1(C)CCCS1. The number of hydrogen-bond donors (Lipinski definition) is 2. The third kappa shape index (κ3) is 6.01. The monoisotopic (exact) mass is 390 g/mol. The minimum absolute atomic E-state index is 0.335. The molecular formula is C20H34N6S. The standard InChI is InChI=1S/C20H34N6S/c1-4-21-19(24-16-20(2)8-5-13-27-20)23-15-17-6-7-18(22-14-17)26-11-9-25(3)10-12-26/h6-7,14H,4-5,8-13,15-16H2,1-3H3,(H2,21,23,24). The highest BCUT2D eigenvalue weighted by Crippen LogP contribution is 2.36. The molecule has 2 aliphatic heterocycles. The van der Waals surface area contributed by atoms with E-state index in [1.807, 2.05) is 6.20 Å². The van der Waals surface area contributed by atoms with E-state index in [1.165, 1.54) is 18.6 Å². The van der Waals surface area contributed by atoms with Gasteiger partial charge in [-0.25, -0.2) is 9.98 Å².